The molecule has 0 radical (unpaired) electrons. The number of amides is 1. The van der Waals surface area contributed by atoms with Crippen molar-refractivity contribution < 1.29 is 4.79 Å². The number of nitrogens with zero attached hydrogens (tertiary/aromatic N) is 2. The molecular weight excluding hydrogens is 282 g/mol. The van der Waals surface area contributed by atoms with E-state index in [1.54, 1.807) is 0 Å². The van der Waals surface area contributed by atoms with Crippen LogP contribution in [0.5, 0.6) is 0 Å². The summed E-state index contributed by atoms with van der Waals surface area (Å²) < 4.78 is 2.93. The van der Waals surface area contributed by atoms with Crippen LogP contribution in [-0.4, -0.2) is 16.5 Å². The summed E-state index contributed by atoms with van der Waals surface area (Å²) >= 11 is 3.39. The van der Waals surface area contributed by atoms with E-state index in [0.717, 1.165) is 17.3 Å². The third kappa shape index (κ3) is 2.89. The fourth-order valence-electron chi connectivity index (χ4n) is 1.77. The lowest BCUT2D eigenvalue weighted by Gasteiger charge is -2.12. The van der Waals surface area contributed by atoms with Crippen molar-refractivity contribution in [2.75, 3.05) is 0 Å². The van der Waals surface area contributed by atoms with Crippen LogP contribution >= 0.6 is 15.9 Å². The Hall–Kier alpha value is -1.28. The minimum Gasteiger partial charge on any atom is -0.347 e. The molecule has 1 unspecified atom stereocenters. The fourth-order valence-corrected chi connectivity index (χ4v) is 2.21. The number of aromatic nitrogens is 1. The van der Waals surface area contributed by atoms with Gasteiger partial charge in [-0.05, 0) is 41.8 Å². The third-order valence-electron chi connectivity index (χ3n) is 2.76. The monoisotopic (exact) mass is 295 g/mol. The maximum absolute atomic E-state index is 12.0. The topological polar surface area (TPSA) is 57.8 Å². The highest BCUT2D eigenvalue weighted by Gasteiger charge is 2.28. The molecule has 1 amide bonds. The van der Waals surface area contributed by atoms with E-state index in [1.165, 1.54) is 0 Å². The Morgan fingerprint density at radius 2 is 2.47 bits per heavy atom. The molecule has 0 saturated heterocycles. The van der Waals surface area contributed by atoms with Crippen LogP contribution < -0.4 is 5.32 Å². The van der Waals surface area contributed by atoms with Crippen molar-refractivity contribution in [1.82, 2.24) is 9.88 Å². The molecule has 1 aliphatic rings. The Labute approximate surface area is 109 Å². The van der Waals surface area contributed by atoms with Gasteiger partial charge in [-0.1, -0.05) is 0 Å². The predicted molar refractivity (Wildman–Crippen MR) is 67.6 cm³/mol. The lowest BCUT2D eigenvalue weighted by molar-refractivity contribution is 0.0931. The lowest BCUT2D eigenvalue weighted by Crippen LogP contribution is -2.33. The summed E-state index contributed by atoms with van der Waals surface area (Å²) in [5, 5.41) is 11.4. The number of carbonyl (C=O) groups excluding carboxylic acids is 1. The van der Waals surface area contributed by atoms with Crippen molar-refractivity contribution in [2.24, 2.45) is 0 Å². The zero-order valence-corrected chi connectivity index (χ0v) is 11.2. The molecule has 0 spiro atoms. The highest BCUT2D eigenvalue weighted by molar-refractivity contribution is 9.10. The van der Waals surface area contributed by atoms with Crippen LogP contribution in [0.15, 0.2) is 16.7 Å². The molecule has 5 heteroatoms. The van der Waals surface area contributed by atoms with E-state index >= 15 is 0 Å². The molecule has 0 bridgehead atoms. The van der Waals surface area contributed by atoms with Gasteiger partial charge < -0.3 is 9.88 Å². The molecule has 1 saturated carbocycles. The van der Waals surface area contributed by atoms with Crippen LogP contribution in [-0.2, 0) is 0 Å². The Morgan fingerprint density at radius 3 is 3.06 bits per heavy atom. The molecule has 2 rings (SSSR count). The molecule has 90 valence electrons. The summed E-state index contributed by atoms with van der Waals surface area (Å²) in [4.78, 5) is 12.0. The fraction of sp³-hybridized carbons (Fsp3) is 0.500. The number of carbonyl (C=O) groups is 1. The van der Waals surface area contributed by atoms with E-state index < -0.39 is 0 Å². The van der Waals surface area contributed by atoms with E-state index in [-0.39, 0.29) is 11.9 Å². The molecule has 0 aromatic carbocycles. The Kier molecular flexibility index (Phi) is 3.53. The molecule has 17 heavy (non-hydrogen) atoms. The zero-order chi connectivity index (χ0) is 12.4. The van der Waals surface area contributed by atoms with Crippen molar-refractivity contribution in [3.05, 3.63) is 22.4 Å². The van der Waals surface area contributed by atoms with Crippen molar-refractivity contribution in [3.63, 3.8) is 0 Å². The minimum absolute atomic E-state index is 0.106. The van der Waals surface area contributed by atoms with E-state index in [0.29, 0.717) is 18.2 Å². The van der Waals surface area contributed by atoms with Gasteiger partial charge >= 0.3 is 0 Å². The highest BCUT2D eigenvalue weighted by atomic mass is 79.9. The molecule has 0 aliphatic heterocycles. The van der Waals surface area contributed by atoms with Crippen molar-refractivity contribution in [1.29, 1.82) is 5.26 Å². The molecule has 1 atom stereocenters. The summed E-state index contributed by atoms with van der Waals surface area (Å²) in [5.74, 6) is -0.106. The van der Waals surface area contributed by atoms with Gasteiger partial charge in [0.15, 0.2) is 0 Å². The summed E-state index contributed by atoms with van der Waals surface area (Å²) in [7, 11) is 0. The van der Waals surface area contributed by atoms with Crippen LogP contribution in [0.2, 0.25) is 0 Å². The summed E-state index contributed by atoms with van der Waals surface area (Å²) in [6.45, 7) is 1.83. The van der Waals surface area contributed by atoms with Gasteiger partial charge in [0.25, 0.3) is 5.91 Å². The number of nitriles is 1. The maximum atomic E-state index is 12.0. The normalized spacial score (nSPS) is 16.3. The number of halogens is 1. The van der Waals surface area contributed by atoms with Crippen molar-refractivity contribution in [2.45, 2.75) is 38.3 Å². The van der Waals surface area contributed by atoms with Gasteiger partial charge in [0.05, 0.1) is 12.5 Å². The average Bonchev–Trinajstić information content (AvgIpc) is 3.02. The van der Waals surface area contributed by atoms with Gasteiger partial charge in [-0.15, -0.1) is 0 Å². The Morgan fingerprint density at radius 1 is 1.76 bits per heavy atom. The largest absolute Gasteiger partial charge is 0.347 e. The Bertz CT molecular complexity index is 471. The molecular formula is C12H14BrN3O. The second-order valence-electron chi connectivity index (χ2n) is 4.42. The van der Waals surface area contributed by atoms with E-state index in [4.69, 9.17) is 5.26 Å². The number of rotatable bonds is 4. The number of nitrogens with one attached hydrogen (secondary N) is 1. The molecule has 1 aromatic rings. The van der Waals surface area contributed by atoms with E-state index in [9.17, 15) is 4.79 Å². The van der Waals surface area contributed by atoms with Crippen LogP contribution in [0.3, 0.4) is 0 Å². The second kappa shape index (κ2) is 4.92. The van der Waals surface area contributed by atoms with Crippen molar-refractivity contribution >= 4 is 21.8 Å². The predicted octanol–water partition coefficient (Wildman–Crippen LogP) is 2.62. The molecule has 1 aromatic heterocycles. The zero-order valence-electron chi connectivity index (χ0n) is 9.61. The molecule has 1 aliphatic carbocycles. The first-order valence-electron chi connectivity index (χ1n) is 5.67. The van der Waals surface area contributed by atoms with Gasteiger partial charge in [-0.3, -0.25) is 4.79 Å². The lowest BCUT2D eigenvalue weighted by atomic mass is 10.2. The SMILES string of the molecule is CC(CC#N)NC(=O)c1cc(Br)cn1C1CC1. The number of hydrogen-bond acceptors (Lipinski definition) is 2. The van der Waals surface area contributed by atoms with Gasteiger partial charge in [-0.25, -0.2) is 0 Å². The first kappa shape index (κ1) is 12.2. The van der Waals surface area contributed by atoms with Crippen LogP contribution in [0, 0.1) is 11.3 Å². The first-order chi connectivity index (χ1) is 8.11. The molecule has 4 nitrogen and oxygen atoms in total. The Balaban J connectivity index is 2.11. The summed E-state index contributed by atoms with van der Waals surface area (Å²) in [6, 6.07) is 4.22. The van der Waals surface area contributed by atoms with Crippen molar-refractivity contribution in [3.8, 4) is 6.07 Å². The van der Waals surface area contributed by atoms with Gasteiger partial charge in [0.2, 0.25) is 0 Å². The minimum atomic E-state index is -0.117. The van der Waals surface area contributed by atoms with E-state index in [1.807, 2.05) is 29.8 Å². The second-order valence-corrected chi connectivity index (χ2v) is 5.33. The van der Waals surface area contributed by atoms with Gasteiger partial charge in [0, 0.05) is 22.8 Å². The van der Waals surface area contributed by atoms with Crippen LogP contribution in [0.4, 0.5) is 0 Å². The smallest absolute Gasteiger partial charge is 0.268 e. The highest BCUT2D eigenvalue weighted by Crippen LogP contribution is 2.37. The summed E-state index contributed by atoms with van der Waals surface area (Å²) in [5.41, 5.74) is 0.671. The van der Waals surface area contributed by atoms with E-state index in [2.05, 4.69) is 21.2 Å². The molecule has 1 N–H and O–H groups in total. The average molecular weight is 296 g/mol. The first-order valence-corrected chi connectivity index (χ1v) is 6.46. The number of hydrogen-bond donors (Lipinski definition) is 1. The molecule has 1 heterocycles. The molecule has 1 fully saturated rings. The third-order valence-corrected chi connectivity index (χ3v) is 3.20. The summed E-state index contributed by atoms with van der Waals surface area (Å²) in [6.07, 6.45) is 4.54. The van der Waals surface area contributed by atoms with Crippen LogP contribution in [0.25, 0.3) is 0 Å². The van der Waals surface area contributed by atoms with Crippen LogP contribution in [0.1, 0.15) is 42.7 Å². The maximum Gasteiger partial charge on any atom is 0.268 e. The quantitative estimate of drug-likeness (QED) is 0.928. The standard InChI is InChI=1S/C12H14BrN3O/c1-8(4-5-14)15-12(17)11-6-9(13)7-16(11)10-2-3-10/h6-8,10H,2-4H2,1H3,(H,15,17). The van der Waals surface area contributed by atoms with Gasteiger partial charge in [-0.2, -0.15) is 5.26 Å². The van der Waals surface area contributed by atoms with Gasteiger partial charge in [0.1, 0.15) is 5.69 Å².